The van der Waals surface area contributed by atoms with Crippen LogP contribution < -0.4 is 4.72 Å². The van der Waals surface area contributed by atoms with Crippen LogP contribution in [0.15, 0.2) is 41.6 Å². The van der Waals surface area contributed by atoms with Gasteiger partial charge in [0, 0.05) is 12.7 Å². The summed E-state index contributed by atoms with van der Waals surface area (Å²) in [5.74, 6) is 0.0460. The summed E-state index contributed by atoms with van der Waals surface area (Å²) >= 11 is 0. The second-order valence-corrected chi connectivity index (χ2v) is 6.53. The molecule has 2 rings (SSSR count). The molecule has 0 saturated carbocycles. The van der Waals surface area contributed by atoms with Crippen molar-refractivity contribution in [3.8, 4) is 5.75 Å². The number of aromatic nitrogens is 2. The van der Waals surface area contributed by atoms with Gasteiger partial charge in [0.25, 0.3) is 0 Å². The minimum absolute atomic E-state index is 0.00957. The topological polar surface area (TPSA) is 84.2 Å². The van der Waals surface area contributed by atoms with Crippen LogP contribution in [-0.2, 0) is 23.0 Å². The molecule has 1 heterocycles. The monoisotopic (exact) mass is 349 g/mol. The lowest BCUT2D eigenvalue weighted by atomic mass is 10.1. The second-order valence-electron chi connectivity index (χ2n) is 4.77. The van der Waals surface area contributed by atoms with Crippen molar-refractivity contribution in [2.75, 3.05) is 6.54 Å². The van der Waals surface area contributed by atoms with Crippen molar-refractivity contribution in [2.45, 2.75) is 24.0 Å². The summed E-state index contributed by atoms with van der Waals surface area (Å²) in [4.78, 5) is -0.348. The standard InChI is InChI=1S/C13H14F3N3O3S/c14-13(15,16)9-19-8-11(7-17-19)23(21,22)18-6-5-10-3-1-2-4-12(10)20/h1-4,7-8,18,20H,5-6,9H2. The molecule has 0 atom stereocenters. The van der Waals surface area contributed by atoms with Crippen molar-refractivity contribution in [3.63, 3.8) is 0 Å². The quantitative estimate of drug-likeness (QED) is 0.831. The van der Waals surface area contributed by atoms with E-state index in [1.165, 1.54) is 6.07 Å². The van der Waals surface area contributed by atoms with E-state index >= 15 is 0 Å². The first-order chi connectivity index (χ1) is 10.7. The summed E-state index contributed by atoms with van der Waals surface area (Å²) in [5, 5.41) is 13.0. The zero-order valence-electron chi connectivity index (χ0n) is 11.8. The van der Waals surface area contributed by atoms with E-state index in [1.807, 2.05) is 0 Å². The van der Waals surface area contributed by atoms with Crippen molar-refractivity contribution >= 4 is 10.0 Å². The highest BCUT2D eigenvalue weighted by atomic mass is 32.2. The van der Waals surface area contributed by atoms with Crippen LogP contribution in [0.5, 0.6) is 5.75 Å². The fraction of sp³-hybridized carbons (Fsp3) is 0.308. The fourth-order valence-electron chi connectivity index (χ4n) is 1.88. The zero-order valence-corrected chi connectivity index (χ0v) is 12.6. The zero-order chi connectivity index (χ0) is 17.1. The first-order valence-corrected chi connectivity index (χ1v) is 8.01. The van der Waals surface area contributed by atoms with Crippen LogP contribution in [0.3, 0.4) is 0 Å². The van der Waals surface area contributed by atoms with E-state index in [4.69, 9.17) is 0 Å². The molecular formula is C13H14F3N3O3S. The number of nitrogens with zero attached hydrogens (tertiary/aromatic N) is 2. The van der Waals surface area contributed by atoms with Crippen LogP contribution in [0, 0.1) is 0 Å². The number of alkyl halides is 3. The average Bonchev–Trinajstić information content (AvgIpc) is 2.88. The first kappa shape index (κ1) is 17.3. The summed E-state index contributed by atoms with van der Waals surface area (Å²) in [6.45, 7) is -1.37. The number of nitrogens with one attached hydrogen (secondary N) is 1. The van der Waals surface area contributed by atoms with Gasteiger partial charge in [0.2, 0.25) is 10.0 Å². The van der Waals surface area contributed by atoms with Gasteiger partial charge in [0.15, 0.2) is 0 Å². The minimum atomic E-state index is -4.48. The number of phenols is 1. The summed E-state index contributed by atoms with van der Waals surface area (Å²) < 4.78 is 63.4. The molecule has 1 aromatic carbocycles. The van der Waals surface area contributed by atoms with Gasteiger partial charge in [-0.15, -0.1) is 0 Å². The Morgan fingerprint density at radius 1 is 1.26 bits per heavy atom. The Balaban J connectivity index is 1.98. The van der Waals surface area contributed by atoms with Crippen LogP contribution in [0.25, 0.3) is 0 Å². The SMILES string of the molecule is O=S(=O)(NCCc1ccccc1O)c1cnn(CC(F)(F)F)c1. The normalized spacial score (nSPS) is 12.5. The Labute approximate surface area is 130 Å². The highest BCUT2D eigenvalue weighted by molar-refractivity contribution is 7.89. The van der Waals surface area contributed by atoms with Crippen LogP contribution in [0.4, 0.5) is 13.2 Å². The van der Waals surface area contributed by atoms with Gasteiger partial charge in [0.05, 0.1) is 6.20 Å². The smallest absolute Gasteiger partial charge is 0.408 e. The maximum atomic E-state index is 12.2. The molecule has 0 bridgehead atoms. The average molecular weight is 349 g/mol. The molecule has 0 amide bonds. The van der Waals surface area contributed by atoms with Crippen LogP contribution in [-0.4, -0.2) is 36.0 Å². The Kier molecular flexibility index (Phi) is 4.95. The molecule has 126 valence electrons. The molecule has 0 spiro atoms. The Bertz CT molecular complexity index is 772. The van der Waals surface area contributed by atoms with Crippen molar-refractivity contribution in [1.29, 1.82) is 0 Å². The van der Waals surface area contributed by atoms with Crippen molar-refractivity contribution in [1.82, 2.24) is 14.5 Å². The van der Waals surface area contributed by atoms with Gasteiger partial charge in [-0.3, -0.25) is 4.68 Å². The van der Waals surface area contributed by atoms with Gasteiger partial charge in [0.1, 0.15) is 17.2 Å². The number of hydrogen-bond donors (Lipinski definition) is 2. The van der Waals surface area contributed by atoms with Gasteiger partial charge < -0.3 is 5.11 Å². The van der Waals surface area contributed by atoms with E-state index < -0.39 is 22.7 Å². The predicted octanol–water partition coefficient (Wildman–Crippen LogP) is 1.67. The molecule has 10 heteroatoms. The summed E-state index contributed by atoms with van der Waals surface area (Å²) in [6.07, 6.45) is -2.57. The summed E-state index contributed by atoms with van der Waals surface area (Å²) in [5.41, 5.74) is 0.558. The maximum absolute atomic E-state index is 12.2. The highest BCUT2D eigenvalue weighted by Crippen LogP contribution is 2.18. The largest absolute Gasteiger partial charge is 0.508 e. The van der Waals surface area contributed by atoms with Crippen molar-refractivity contribution < 1.29 is 26.7 Å². The minimum Gasteiger partial charge on any atom is -0.508 e. The molecule has 0 fully saturated rings. The number of hydrogen-bond acceptors (Lipinski definition) is 4. The lowest BCUT2D eigenvalue weighted by molar-refractivity contribution is -0.142. The molecule has 0 saturated heterocycles. The fourth-order valence-corrected chi connectivity index (χ4v) is 2.86. The number of aromatic hydroxyl groups is 1. The lowest BCUT2D eigenvalue weighted by Crippen LogP contribution is -2.25. The molecule has 2 aromatic rings. The van der Waals surface area contributed by atoms with E-state index in [0.717, 1.165) is 12.4 Å². The van der Waals surface area contributed by atoms with E-state index in [2.05, 4.69) is 9.82 Å². The van der Waals surface area contributed by atoms with Crippen LogP contribution in [0.1, 0.15) is 5.56 Å². The van der Waals surface area contributed by atoms with Crippen molar-refractivity contribution in [3.05, 3.63) is 42.2 Å². The molecule has 6 nitrogen and oxygen atoms in total. The Hall–Kier alpha value is -2.07. The molecule has 0 aliphatic rings. The maximum Gasteiger partial charge on any atom is 0.408 e. The Morgan fingerprint density at radius 2 is 1.96 bits per heavy atom. The number of sulfonamides is 1. The summed E-state index contributed by atoms with van der Waals surface area (Å²) in [6, 6.07) is 6.46. The summed E-state index contributed by atoms with van der Waals surface area (Å²) in [7, 11) is -3.96. The molecular weight excluding hydrogens is 335 g/mol. The van der Waals surface area contributed by atoms with E-state index in [9.17, 15) is 26.7 Å². The Morgan fingerprint density at radius 3 is 2.61 bits per heavy atom. The number of rotatable bonds is 6. The van der Waals surface area contributed by atoms with E-state index in [1.54, 1.807) is 18.2 Å². The third kappa shape index (κ3) is 4.96. The van der Waals surface area contributed by atoms with Gasteiger partial charge in [-0.25, -0.2) is 13.1 Å². The first-order valence-electron chi connectivity index (χ1n) is 6.53. The van der Waals surface area contributed by atoms with Crippen LogP contribution in [0.2, 0.25) is 0 Å². The molecule has 23 heavy (non-hydrogen) atoms. The third-order valence-electron chi connectivity index (χ3n) is 2.94. The van der Waals surface area contributed by atoms with Gasteiger partial charge in [-0.05, 0) is 18.1 Å². The number of benzene rings is 1. The van der Waals surface area contributed by atoms with Gasteiger partial charge in [-0.1, -0.05) is 18.2 Å². The van der Waals surface area contributed by atoms with E-state index in [0.29, 0.717) is 10.2 Å². The second kappa shape index (κ2) is 6.59. The van der Waals surface area contributed by atoms with Crippen molar-refractivity contribution in [2.24, 2.45) is 0 Å². The predicted molar refractivity (Wildman–Crippen MR) is 75.3 cm³/mol. The molecule has 2 N–H and O–H groups in total. The number of phenolic OH excluding ortho intramolecular Hbond substituents is 1. The van der Waals surface area contributed by atoms with Crippen LogP contribution >= 0.6 is 0 Å². The molecule has 0 aliphatic heterocycles. The molecule has 1 aromatic heterocycles. The molecule has 0 unspecified atom stereocenters. The number of para-hydroxylation sites is 1. The number of halogens is 3. The van der Waals surface area contributed by atoms with Gasteiger partial charge in [-0.2, -0.15) is 18.3 Å². The third-order valence-corrected chi connectivity index (χ3v) is 4.35. The molecule has 0 aliphatic carbocycles. The highest BCUT2D eigenvalue weighted by Gasteiger charge is 2.29. The lowest BCUT2D eigenvalue weighted by Gasteiger charge is -2.07. The van der Waals surface area contributed by atoms with Gasteiger partial charge >= 0.3 is 6.18 Å². The van der Waals surface area contributed by atoms with E-state index in [-0.39, 0.29) is 23.6 Å². The molecule has 0 radical (unpaired) electrons.